The first-order valence-electron chi connectivity index (χ1n) is 7.18. The fourth-order valence-electron chi connectivity index (χ4n) is 2.24. The van der Waals surface area contributed by atoms with E-state index in [1.807, 2.05) is 12.1 Å². The van der Waals surface area contributed by atoms with Crippen molar-refractivity contribution in [3.05, 3.63) is 65.7 Å². The Kier molecular flexibility index (Phi) is 5.63. The Bertz CT molecular complexity index is 493. The summed E-state index contributed by atoms with van der Waals surface area (Å²) in [7, 11) is 1.70. The van der Waals surface area contributed by atoms with Crippen molar-refractivity contribution in [2.75, 3.05) is 20.2 Å². The van der Waals surface area contributed by atoms with Gasteiger partial charge in [0.05, 0.1) is 7.11 Å². The molecule has 0 saturated heterocycles. The lowest BCUT2D eigenvalue weighted by molar-refractivity contribution is 0.414. The number of hydrogen-bond acceptors (Lipinski definition) is 2. The Morgan fingerprint density at radius 2 is 1.70 bits per heavy atom. The molecular weight excluding hydrogens is 246 g/mol. The van der Waals surface area contributed by atoms with E-state index >= 15 is 0 Å². The molecule has 0 radical (unpaired) electrons. The minimum absolute atomic E-state index is 0.548. The van der Waals surface area contributed by atoms with E-state index in [-0.39, 0.29) is 0 Å². The van der Waals surface area contributed by atoms with Crippen LogP contribution in [0.4, 0.5) is 0 Å². The number of rotatable bonds is 7. The number of nitrogens with one attached hydrogen (secondary N) is 1. The Morgan fingerprint density at radius 1 is 1.00 bits per heavy atom. The zero-order valence-electron chi connectivity index (χ0n) is 12.3. The first-order valence-corrected chi connectivity index (χ1v) is 7.18. The van der Waals surface area contributed by atoms with E-state index in [2.05, 4.69) is 54.7 Å². The second-order valence-electron chi connectivity index (χ2n) is 5.11. The molecule has 0 bridgehead atoms. The zero-order valence-corrected chi connectivity index (χ0v) is 12.3. The van der Waals surface area contributed by atoms with Crippen LogP contribution in [0.5, 0.6) is 5.75 Å². The van der Waals surface area contributed by atoms with Crippen LogP contribution in [-0.2, 0) is 6.42 Å². The predicted molar refractivity (Wildman–Crippen MR) is 84.4 cm³/mol. The van der Waals surface area contributed by atoms with Gasteiger partial charge in [-0.05, 0) is 42.1 Å². The second-order valence-corrected chi connectivity index (χ2v) is 5.11. The Hall–Kier alpha value is -1.80. The van der Waals surface area contributed by atoms with Gasteiger partial charge in [0, 0.05) is 6.54 Å². The third kappa shape index (κ3) is 4.39. The lowest BCUT2D eigenvalue weighted by Crippen LogP contribution is -2.22. The largest absolute Gasteiger partial charge is 0.497 e. The average Bonchev–Trinajstić information content (AvgIpc) is 2.53. The van der Waals surface area contributed by atoms with Crippen LogP contribution < -0.4 is 10.1 Å². The summed E-state index contributed by atoms with van der Waals surface area (Å²) in [6, 6.07) is 18.9. The van der Waals surface area contributed by atoms with E-state index in [4.69, 9.17) is 4.74 Å². The highest BCUT2D eigenvalue weighted by atomic mass is 16.5. The van der Waals surface area contributed by atoms with E-state index in [1.165, 1.54) is 11.1 Å². The van der Waals surface area contributed by atoms with Crippen LogP contribution in [0.1, 0.15) is 24.0 Å². The number of methoxy groups -OCH3 is 1. The summed E-state index contributed by atoms with van der Waals surface area (Å²) in [6.45, 7) is 4.28. The first-order chi connectivity index (χ1) is 9.79. The summed E-state index contributed by atoms with van der Waals surface area (Å²) in [5.41, 5.74) is 2.73. The fraction of sp³-hybridized carbons (Fsp3) is 0.333. The van der Waals surface area contributed by atoms with E-state index in [0.29, 0.717) is 5.92 Å². The van der Waals surface area contributed by atoms with Crippen LogP contribution in [0.3, 0.4) is 0 Å². The summed E-state index contributed by atoms with van der Waals surface area (Å²) in [5, 5.41) is 3.53. The van der Waals surface area contributed by atoms with Gasteiger partial charge in [0.25, 0.3) is 0 Å². The summed E-state index contributed by atoms with van der Waals surface area (Å²) in [5.74, 6) is 1.46. The summed E-state index contributed by atoms with van der Waals surface area (Å²) < 4.78 is 5.16. The lowest BCUT2D eigenvalue weighted by Gasteiger charge is -2.13. The molecule has 106 valence electrons. The van der Waals surface area contributed by atoms with Gasteiger partial charge in [0.2, 0.25) is 0 Å². The quantitative estimate of drug-likeness (QED) is 0.775. The van der Waals surface area contributed by atoms with Crippen molar-refractivity contribution >= 4 is 0 Å². The van der Waals surface area contributed by atoms with Crippen molar-refractivity contribution in [2.45, 2.75) is 19.3 Å². The molecule has 20 heavy (non-hydrogen) atoms. The van der Waals surface area contributed by atoms with Crippen molar-refractivity contribution in [1.82, 2.24) is 5.32 Å². The molecule has 1 N–H and O–H groups in total. The van der Waals surface area contributed by atoms with Crippen molar-refractivity contribution in [2.24, 2.45) is 0 Å². The van der Waals surface area contributed by atoms with Gasteiger partial charge in [-0.2, -0.15) is 0 Å². The minimum Gasteiger partial charge on any atom is -0.497 e. The number of benzene rings is 2. The fourth-order valence-corrected chi connectivity index (χ4v) is 2.24. The van der Waals surface area contributed by atoms with Gasteiger partial charge in [0.15, 0.2) is 0 Å². The van der Waals surface area contributed by atoms with Gasteiger partial charge >= 0.3 is 0 Å². The maximum atomic E-state index is 5.16. The third-order valence-electron chi connectivity index (χ3n) is 3.57. The molecule has 2 aromatic rings. The molecule has 0 saturated carbocycles. The minimum atomic E-state index is 0.548. The normalized spacial score (nSPS) is 12.1. The standard InChI is InChI=1S/C18H23NO/c1-15(17-6-4-3-5-7-17)14-19-13-12-16-8-10-18(20-2)11-9-16/h3-11,15,19H,12-14H2,1-2H3/t15-/m0/s1. The average molecular weight is 269 g/mol. The monoisotopic (exact) mass is 269 g/mol. The Balaban J connectivity index is 1.70. The van der Waals surface area contributed by atoms with Crippen LogP contribution in [0, 0.1) is 0 Å². The zero-order chi connectivity index (χ0) is 14.2. The highest BCUT2D eigenvalue weighted by Gasteiger charge is 2.03. The molecule has 0 aromatic heterocycles. The molecule has 2 nitrogen and oxygen atoms in total. The third-order valence-corrected chi connectivity index (χ3v) is 3.57. The number of ether oxygens (including phenoxy) is 1. The van der Waals surface area contributed by atoms with E-state index in [1.54, 1.807) is 7.11 Å². The highest BCUT2D eigenvalue weighted by Crippen LogP contribution is 2.13. The molecule has 0 aliphatic heterocycles. The van der Waals surface area contributed by atoms with Gasteiger partial charge in [-0.3, -0.25) is 0 Å². The molecule has 0 heterocycles. The van der Waals surface area contributed by atoms with Gasteiger partial charge in [0.1, 0.15) is 5.75 Å². The lowest BCUT2D eigenvalue weighted by atomic mass is 10.0. The molecule has 2 heteroatoms. The molecule has 0 spiro atoms. The predicted octanol–water partition coefficient (Wildman–Crippen LogP) is 3.63. The highest BCUT2D eigenvalue weighted by molar-refractivity contribution is 5.27. The molecule has 0 aliphatic rings. The SMILES string of the molecule is COc1ccc(CCNC[C@H](C)c2ccccc2)cc1. The van der Waals surface area contributed by atoms with Crippen LogP contribution in [-0.4, -0.2) is 20.2 Å². The van der Waals surface area contributed by atoms with Crippen molar-refractivity contribution in [3.8, 4) is 5.75 Å². The topological polar surface area (TPSA) is 21.3 Å². The van der Waals surface area contributed by atoms with Crippen molar-refractivity contribution < 1.29 is 4.74 Å². The van der Waals surface area contributed by atoms with Crippen molar-refractivity contribution in [1.29, 1.82) is 0 Å². The summed E-state index contributed by atoms with van der Waals surface area (Å²) >= 11 is 0. The maximum Gasteiger partial charge on any atom is 0.118 e. The van der Waals surface area contributed by atoms with Gasteiger partial charge in [-0.25, -0.2) is 0 Å². The number of hydrogen-bond donors (Lipinski definition) is 1. The van der Waals surface area contributed by atoms with E-state index < -0.39 is 0 Å². The van der Waals surface area contributed by atoms with E-state index in [0.717, 1.165) is 25.3 Å². The van der Waals surface area contributed by atoms with Gasteiger partial charge in [-0.15, -0.1) is 0 Å². The molecule has 2 rings (SSSR count). The maximum absolute atomic E-state index is 5.16. The molecule has 1 atom stereocenters. The van der Waals surface area contributed by atoms with E-state index in [9.17, 15) is 0 Å². The summed E-state index contributed by atoms with van der Waals surface area (Å²) in [4.78, 5) is 0. The second kappa shape index (κ2) is 7.71. The molecular formula is C18H23NO. The first kappa shape index (κ1) is 14.6. The van der Waals surface area contributed by atoms with Crippen LogP contribution in [0.2, 0.25) is 0 Å². The van der Waals surface area contributed by atoms with Gasteiger partial charge in [-0.1, -0.05) is 49.4 Å². The Labute approximate surface area is 121 Å². The van der Waals surface area contributed by atoms with Crippen LogP contribution in [0.25, 0.3) is 0 Å². The molecule has 2 aromatic carbocycles. The van der Waals surface area contributed by atoms with Crippen LogP contribution >= 0.6 is 0 Å². The Morgan fingerprint density at radius 3 is 2.35 bits per heavy atom. The molecule has 0 amide bonds. The van der Waals surface area contributed by atoms with Crippen molar-refractivity contribution in [3.63, 3.8) is 0 Å². The molecule has 0 fully saturated rings. The molecule has 0 aliphatic carbocycles. The summed E-state index contributed by atoms with van der Waals surface area (Å²) in [6.07, 6.45) is 1.05. The smallest absolute Gasteiger partial charge is 0.118 e. The van der Waals surface area contributed by atoms with Gasteiger partial charge < -0.3 is 10.1 Å². The molecule has 0 unspecified atom stereocenters. The van der Waals surface area contributed by atoms with Crippen LogP contribution in [0.15, 0.2) is 54.6 Å².